The molecule has 2 heterocycles. The number of fused-ring (bicyclic) bond motifs is 1. The standard InChI is InChI=1S/C15H19N3O3S/c1-10-9-18(13-7-5-6-8-14(13)21-10)22(19,20)15-11(2)16-17(4)12(15)3/h5-8,10H,9H2,1-4H3. The molecule has 1 aliphatic heterocycles. The first-order valence-electron chi connectivity index (χ1n) is 7.11. The summed E-state index contributed by atoms with van der Waals surface area (Å²) in [4.78, 5) is 0.277. The predicted molar refractivity (Wildman–Crippen MR) is 83.7 cm³/mol. The molecule has 0 amide bonds. The van der Waals surface area contributed by atoms with Crippen LogP contribution in [0.4, 0.5) is 5.69 Å². The summed E-state index contributed by atoms with van der Waals surface area (Å²) in [6, 6.07) is 7.20. The van der Waals surface area contributed by atoms with E-state index in [1.807, 2.05) is 19.1 Å². The Kier molecular flexibility index (Phi) is 3.40. The molecule has 1 unspecified atom stereocenters. The van der Waals surface area contributed by atoms with E-state index in [0.717, 1.165) is 0 Å². The van der Waals surface area contributed by atoms with E-state index in [1.54, 1.807) is 37.7 Å². The molecular formula is C15H19N3O3S. The second-order valence-corrected chi connectivity index (χ2v) is 7.36. The van der Waals surface area contributed by atoms with Gasteiger partial charge in [-0.05, 0) is 32.9 Å². The van der Waals surface area contributed by atoms with Crippen LogP contribution in [0.3, 0.4) is 0 Å². The number of rotatable bonds is 2. The number of aromatic nitrogens is 2. The molecule has 0 spiro atoms. The molecule has 22 heavy (non-hydrogen) atoms. The maximum atomic E-state index is 13.2. The van der Waals surface area contributed by atoms with E-state index in [1.165, 1.54) is 4.31 Å². The molecule has 1 atom stereocenters. The summed E-state index contributed by atoms with van der Waals surface area (Å²) >= 11 is 0. The van der Waals surface area contributed by atoms with E-state index in [0.29, 0.717) is 22.8 Å². The first-order valence-corrected chi connectivity index (χ1v) is 8.55. The Hall–Kier alpha value is -2.02. The smallest absolute Gasteiger partial charge is 0.268 e. The van der Waals surface area contributed by atoms with Gasteiger partial charge in [0.05, 0.1) is 23.6 Å². The second-order valence-electron chi connectivity index (χ2n) is 5.56. The molecule has 0 bridgehead atoms. The molecule has 1 aromatic carbocycles. The minimum absolute atomic E-state index is 0.207. The zero-order valence-corrected chi connectivity index (χ0v) is 13.9. The zero-order valence-electron chi connectivity index (χ0n) is 13.1. The maximum Gasteiger partial charge on any atom is 0.268 e. The van der Waals surface area contributed by atoms with Crippen LogP contribution < -0.4 is 9.04 Å². The lowest BCUT2D eigenvalue weighted by Crippen LogP contribution is -2.42. The highest BCUT2D eigenvalue weighted by atomic mass is 32.2. The van der Waals surface area contributed by atoms with Gasteiger partial charge in [0.15, 0.2) is 0 Å². The largest absolute Gasteiger partial charge is 0.487 e. The molecule has 1 aliphatic rings. The van der Waals surface area contributed by atoms with Gasteiger partial charge in [-0.15, -0.1) is 0 Å². The van der Waals surface area contributed by atoms with E-state index in [4.69, 9.17) is 4.74 Å². The van der Waals surface area contributed by atoms with Crippen molar-refractivity contribution in [2.24, 2.45) is 7.05 Å². The van der Waals surface area contributed by atoms with Crippen molar-refractivity contribution in [1.29, 1.82) is 0 Å². The number of ether oxygens (including phenoxy) is 1. The highest BCUT2D eigenvalue weighted by Gasteiger charge is 2.36. The van der Waals surface area contributed by atoms with Crippen LogP contribution >= 0.6 is 0 Å². The van der Waals surface area contributed by atoms with Gasteiger partial charge in [0.2, 0.25) is 0 Å². The number of sulfonamides is 1. The van der Waals surface area contributed by atoms with Crippen LogP contribution in [0.5, 0.6) is 5.75 Å². The lowest BCUT2D eigenvalue weighted by atomic mass is 10.2. The third kappa shape index (κ3) is 2.16. The number of benzene rings is 1. The predicted octanol–water partition coefficient (Wildman–Crippen LogP) is 2.01. The third-order valence-electron chi connectivity index (χ3n) is 3.88. The van der Waals surface area contributed by atoms with E-state index < -0.39 is 10.0 Å². The lowest BCUT2D eigenvalue weighted by molar-refractivity contribution is 0.219. The summed E-state index contributed by atoms with van der Waals surface area (Å²) in [5.41, 5.74) is 1.72. The van der Waals surface area contributed by atoms with Gasteiger partial charge in [0.1, 0.15) is 16.7 Å². The Morgan fingerprint density at radius 3 is 2.59 bits per heavy atom. The minimum atomic E-state index is -3.68. The summed E-state index contributed by atoms with van der Waals surface area (Å²) in [5.74, 6) is 0.587. The van der Waals surface area contributed by atoms with Crippen molar-refractivity contribution >= 4 is 15.7 Å². The number of hydrogen-bond acceptors (Lipinski definition) is 4. The van der Waals surface area contributed by atoms with Crippen LogP contribution in [-0.4, -0.2) is 30.8 Å². The van der Waals surface area contributed by atoms with Crippen LogP contribution in [0.1, 0.15) is 18.3 Å². The van der Waals surface area contributed by atoms with Gasteiger partial charge >= 0.3 is 0 Å². The SMILES string of the molecule is Cc1nn(C)c(C)c1S(=O)(=O)N1CC(C)Oc2ccccc21. The minimum Gasteiger partial charge on any atom is -0.487 e. The summed E-state index contributed by atoms with van der Waals surface area (Å²) in [5, 5.41) is 4.23. The average molecular weight is 321 g/mol. The molecule has 3 rings (SSSR count). The topological polar surface area (TPSA) is 64.4 Å². The Labute approximate surface area is 130 Å². The van der Waals surface area contributed by atoms with E-state index in [-0.39, 0.29) is 17.5 Å². The summed E-state index contributed by atoms with van der Waals surface area (Å²) in [6.07, 6.45) is -0.207. The van der Waals surface area contributed by atoms with Gasteiger partial charge in [-0.2, -0.15) is 5.10 Å². The summed E-state index contributed by atoms with van der Waals surface area (Å²) in [7, 11) is -1.93. The maximum absolute atomic E-state index is 13.2. The van der Waals surface area contributed by atoms with E-state index >= 15 is 0 Å². The third-order valence-corrected chi connectivity index (χ3v) is 5.91. The van der Waals surface area contributed by atoms with E-state index in [9.17, 15) is 8.42 Å². The summed E-state index contributed by atoms with van der Waals surface area (Å²) < 4.78 is 35.1. The fourth-order valence-corrected chi connectivity index (χ4v) is 4.77. The Morgan fingerprint density at radius 2 is 1.95 bits per heavy atom. The zero-order chi connectivity index (χ0) is 16.1. The Bertz CT molecular complexity index is 827. The molecule has 6 nitrogen and oxygen atoms in total. The van der Waals surface area contributed by atoms with Crippen LogP contribution in [0, 0.1) is 13.8 Å². The highest BCUT2D eigenvalue weighted by molar-refractivity contribution is 7.93. The van der Waals surface area contributed by atoms with Crippen molar-refractivity contribution in [1.82, 2.24) is 9.78 Å². The van der Waals surface area contributed by atoms with Crippen molar-refractivity contribution in [2.45, 2.75) is 31.8 Å². The molecule has 2 aromatic rings. The van der Waals surface area contributed by atoms with E-state index in [2.05, 4.69) is 5.10 Å². The quantitative estimate of drug-likeness (QED) is 0.849. The van der Waals surface area contributed by atoms with Gasteiger partial charge < -0.3 is 4.74 Å². The number of nitrogens with zero attached hydrogens (tertiary/aromatic N) is 3. The van der Waals surface area contributed by atoms with Gasteiger partial charge in [-0.3, -0.25) is 8.99 Å². The molecule has 0 saturated carbocycles. The highest BCUT2D eigenvalue weighted by Crippen LogP contribution is 2.37. The average Bonchev–Trinajstić information content (AvgIpc) is 2.71. The molecule has 0 radical (unpaired) electrons. The van der Waals surface area contributed by atoms with Gasteiger partial charge in [0, 0.05) is 7.05 Å². The lowest BCUT2D eigenvalue weighted by Gasteiger charge is -2.34. The second kappa shape index (κ2) is 5.01. The van der Waals surface area contributed by atoms with Gasteiger partial charge in [0.25, 0.3) is 10.0 Å². The molecule has 0 aliphatic carbocycles. The monoisotopic (exact) mass is 321 g/mol. The first-order chi connectivity index (χ1) is 10.3. The molecule has 0 saturated heterocycles. The molecular weight excluding hydrogens is 302 g/mol. The Balaban J connectivity index is 2.18. The molecule has 7 heteroatoms. The van der Waals surface area contributed by atoms with Crippen LogP contribution in [0.15, 0.2) is 29.2 Å². The van der Waals surface area contributed by atoms with Crippen molar-refractivity contribution in [2.75, 3.05) is 10.8 Å². The molecule has 118 valence electrons. The Morgan fingerprint density at radius 1 is 1.27 bits per heavy atom. The van der Waals surface area contributed by atoms with Crippen LogP contribution in [0.25, 0.3) is 0 Å². The van der Waals surface area contributed by atoms with Crippen LogP contribution in [0.2, 0.25) is 0 Å². The molecule has 1 aromatic heterocycles. The fraction of sp³-hybridized carbons (Fsp3) is 0.400. The van der Waals surface area contributed by atoms with Gasteiger partial charge in [-0.25, -0.2) is 8.42 Å². The number of para-hydroxylation sites is 2. The van der Waals surface area contributed by atoms with Crippen molar-refractivity contribution in [3.8, 4) is 5.75 Å². The number of aryl methyl sites for hydroxylation is 2. The van der Waals surface area contributed by atoms with Crippen molar-refractivity contribution < 1.29 is 13.2 Å². The molecule has 0 fully saturated rings. The number of hydrogen-bond donors (Lipinski definition) is 0. The summed E-state index contributed by atoms with van der Waals surface area (Å²) in [6.45, 7) is 5.63. The number of anilines is 1. The van der Waals surface area contributed by atoms with Gasteiger partial charge in [-0.1, -0.05) is 12.1 Å². The fourth-order valence-electron chi connectivity index (χ4n) is 2.81. The van der Waals surface area contributed by atoms with Crippen molar-refractivity contribution in [3.05, 3.63) is 35.7 Å². The van der Waals surface area contributed by atoms with Crippen LogP contribution in [-0.2, 0) is 17.1 Å². The molecule has 0 N–H and O–H groups in total. The first kappa shape index (κ1) is 14.9. The normalized spacial score (nSPS) is 18.0. The van der Waals surface area contributed by atoms with Crippen molar-refractivity contribution in [3.63, 3.8) is 0 Å².